The first-order valence-electron chi connectivity index (χ1n) is 5.64. The van der Waals surface area contributed by atoms with Crippen molar-refractivity contribution < 1.29 is 22.7 Å². The van der Waals surface area contributed by atoms with E-state index in [1.54, 1.807) is 14.1 Å². The van der Waals surface area contributed by atoms with E-state index in [4.69, 9.17) is 4.74 Å². The zero-order valence-electron chi connectivity index (χ0n) is 11.4. The van der Waals surface area contributed by atoms with Gasteiger partial charge in [0.2, 0.25) is 10.0 Å². The Balaban J connectivity index is 2.74. The molecule has 1 rings (SSSR count). The second-order valence-electron chi connectivity index (χ2n) is 4.32. The van der Waals surface area contributed by atoms with Gasteiger partial charge in [0, 0.05) is 19.8 Å². The number of hydrogen-bond donors (Lipinski definition) is 1. The largest absolute Gasteiger partial charge is 0.452 e. The average Bonchev–Trinajstić information content (AvgIpc) is 2.33. The van der Waals surface area contributed by atoms with Crippen LogP contribution in [0.15, 0.2) is 24.3 Å². The Kier molecular flexibility index (Phi) is 5.09. The van der Waals surface area contributed by atoms with Crippen LogP contribution in [0.1, 0.15) is 10.4 Å². The Labute approximate surface area is 117 Å². The van der Waals surface area contributed by atoms with E-state index in [9.17, 15) is 18.0 Å². The fraction of sp³-hybridized carbons (Fsp3) is 0.333. The molecule has 7 nitrogen and oxygen atoms in total. The van der Waals surface area contributed by atoms with Crippen molar-refractivity contribution >= 4 is 27.6 Å². The highest BCUT2D eigenvalue weighted by Crippen LogP contribution is 2.12. The molecule has 1 N–H and O–H groups in total. The summed E-state index contributed by atoms with van der Waals surface area (Å²) < 4.78 is 29.3. The fourth-order valence-corrected chi connectivity index (χ4v) is 1.82. The minimum atomic E-state index is -3.42. The molecule has 8 heteroatoms. The minimum absolute atomic E-state index is 0.158. The molecule has 0 spiro atoms. The van der Waals surface area contributed by atoms with Crippen molar-refractivity contribution in [1.82, 2.24) is 4.90 Å². The van der Waals surface area contributed by atoms with Gasteiger partial charge in [-0.3, -0.25) is 9.52 Å². The van der Waals surface area contributed by atoms with Gasteiger partial charge in [0.05, 0.1) is 11.8 Å². The smallest absolute Gasteiger partial charge is 0.338 e. The molecule has 0 aromatic heterocycles. The Morgan fingerprint density at radius 2 is 1.95 bits per heavy atom. The number of anilines is 1. The number of rotatable bonds is 5. The summed E-state index contributed by atoms with van der Waals surface area (Å²) in [6.07, 6.45) is 1.01. The molecule has 0 aliphatic heterocycles. The second-order valence-corrected chi connectivity index (χ2v) is 6.07. The van der Waals surface area contributed by atoms with Gasteiger partial charge >= 0.3 is 5.97 Å². The van der Waals surface area contributed by atoms with Crippen LogP contribution in [-0.4, -0.2) is 52.2 Å². The van der Waals surface area contributed by atoms with Crippen LogP contribution in [0.2, 0.25) is 0 Å². The normalized spacial score (nSPS) is 10.8. The molecule has 0 heterocycles. The lowest BCUT2D eigenvalue weighted by Crippen LogP contribution is -2.27. The SMILES string of the molecule is CN(C)C(=O)COC(=O)c1cccc(NS(C)(=O)=O)c1. The molecule has 0 bridgehead atoms. The highest BCUT2D eigenvalue weighted by atomic mass is 32.2. The van der Waals surface area contributed by atoms with E-state index in [0.717, 1.165) is 6.26 Å². The van der Waals surface area contributed by atoms with E-state index in [2.05, 4.69) is 4.72 Å². The number of ether oxygens (including phenoxy) is 1. The number of esters is 1. The number of sulfonamides is 1. The minimum Gasteiger partial charge on any atom is -0.452 e. The van der Waals surface area contributed by atoms with Gasteiger partial charge in [0.25, 0.3) is 5.91 Å². The summed E-state index contributed by atoms with van der Waals surface area (Å²) in [5.74, 6) is -1.04. The van der Waals surface area contributed by atoms with Crippen LogP contribution in [0.3, 0.4) is 0 Å². The van der Waals surface area contributed by atoms with Crippen LogP contribution in [0.5, 0.6) is 0 Å². The van der Waals surface area contributed by atoms with Crippen LogP contribution >= 0.6 is 0 Å². The maximum absolute atomic E-state index is 11.7. The van der Waals surface area contributed by atoms with Crippen LogP contribution in [0.25, 0.3) is 0 Å². The predicted molar refractivity (Wildman–Crippen MR) is 73.9 cm³/mol. The van der Waals surface area contributed by atoms with E-state index < -0.39 is 16.0 Å². The third-order valence-corrected chi connectivity index (χ3v) is 2.83. The number of carbonyl (C=O) groups excluding carboxylic acids is 2. The summed E-state index contributed by atoms with van der Waals surface area (Å²) in [5.41, 5.74) is 0.408. The summed E-state index contributed by atoms with van der Waals surface area (Å²) in [7, 11) is -0.323. The highest BCUT2D eigenvalue weighted by molar-refractivity contribution is 7.92. The highest BCUT2D eigenvalue weighted by Gasteiger charge is 2.12. The third kappa shape index (κ3) is 5.27. The lowest BCUT2D eigenvalue weighted by atomic mass is 10.2. The number of hydrogen-bond acceptors (Lipinski definition) is 5. The number of carbonyl (C=O) groups is 2. The zero-order chi connectivity index (χ0) is 15.3. The molecule has 0 saturated heterocycles. The van der Waals surface area contributed by atoms with Gasteiger partial charge in [-0.15, -0.1) is 0 Å². The van der Waals surface area contributed by atoms with E-state index in [1.165, 1.54) is 29.2 Å². The molecule has 1 aromatic rings. The first-order chi connectivity index (χ1) is 9.19. The van der Waals surface area contributed by atoms with Crippen molar-refractivity contribution in [3.63, 3.8) is 0 Å². The zero-order valence-corrected chi connectivity index (χ0v) is 12.2. The molecule has 0 saturated carbocycles. The van der Waals surface area contributed by atoms with Gasteiger partial charge in [-0.25, -0.2) is 13.2 Å². The van der Waals surface area contributed by atoms with Crippen molar-refractivity contribution in [2.75, 3.05) is 31.7 Å². The molecular weight excluding hydrogens is 284 g/mol. The van der Waals surface area contributed by atoms with Gasteiger partial charge in [-0.05, 0) is 18.2 Å². The molecule has 0 aliphatic rings. The molecule has 1 aromatic carbocycles. The summed E-state index contributed by atoms with van der Waals surface area (Å²) in [6.45, 7) is -0.366. The maximum Gasteiger partial charge on any atom is 0.338 e. The number of nitrogens with one attached hydrogen (secondary N) is 1. The van der Waals surface area contributed by atoms with Crippen molar-refractivity contribution in [3.05, 3.63) is 29.8 Å². The first kappa shape index (κ1) is 16.0. The Morgan fingerprint density at radius 3 is 2.50 bits per heavy atom. The number of benzene rings is 1. The molecule has 0 radical (unpaired) electrons. The van der Waals surface area contributed by atoms with Gasteiger partial charge in [0.15, 0.2) is 6.61 Å². The molecule has 110 valence electrons. The monoisotopic (exact) mass is 300 g/mol. The quantitative estimate of drug-likeness (QED) is 0.790. The van der Waals surface area contributed by atoms with Crippen molar-refractivity contribution in [2.24, 2.45) is 0 Å². The topological polar surface area (TPSA) is 92.8 Å². The van der Waals surface area contributed by atoms with Crippen molar-refractivity contribution in [3.8, 4) is 0 Å². The van der Waals surface area contributed by atoms with Gasteiger partial charge < -0.3 is 9.64 Å². The summed E-state index contributed by atoms with van der Waals surface area (Å²) >= 11 is 0. The number of nitrogens with zero attached hydrogens (tertiary/aromatic N) is 1. The first-order valence-corrected chi connectivity index (χ1v) is 7.53. The molecule has 0 aliphatic carbocycles. The Bertz CT molecular complexity index is 610. The maximum atomic E-state index is 11.7. The molecule has 1 amide bonds. The van der Waals surface area contributed by atoms with Gasteiger partial charge in [0.1, 0.15) is 0 Å². The van der Waals surface area contributed by atoms with Crippen molar-refractivity contribution in [2.45, 2.75) is 0 Å². The van der Waals surface area contributed by atoms with Crippen LogP contribution < -0.4 is 4.72 Å². The summed E-state index contributed by atoms with van der Waals surface area (Å²) in [4.78, 5) is 24.3. The number of likely N-dealkylation sites (N-methyl/N-ethyl adjacent to an activating group) is 1. The van der Waals surface area contributed by atoms with Crippen LogP contribution in [-0.2, 0) is 19.6 Å². The van der Waals surface area contributed by atoms with Gasteiger partial charge in [-0.1, -0.05) is 6.07 Å². The molecule has 0 unspecified atom stereocenters. The lowest BCUT2D eigenvalue weighted by Gasteiger charge is -2.11. The van der Waals surface area contributed by atoms with E-state index in [0.29, 0.717) is 0 Å². The predicted octanol–water partition coefficient (Wildman–Crippen LogP) is 0.303. The standard InChI is InChI=1S/C12H16N2O5S/c1-14(2)11(15)8-19-12(16)9-5-4-6-10(7-9)13-20(3,17)18/h4-7,13H,8H2,1-3H3. The molecule has 0 atom stereocenters. The third-order valence-electron chi connectivity index (χ3n) is 2.23. The lowest BCUT2D eigenvalue weighted by molar-refractivity contribution is -0.131. The summed E-state index contributed by atoms with van der Waals surface area (Å²) in [5, 5.41) is 0. The Morgan fingerprint density at radius 1 is 1.30 bits per heavy atom. The molecule has 20 heavy (non-hydrogen) atoms. The Hall–Kier alpha value is -2.09. The van der Waals surface area contributed by atoms with Gasteiger partial charge in [-0.2, -0.15) is 0 Å². The van der Waals surface area contributed by atoms with Crippen molar-refractivity contribution in [1.29, 1.82) is 0 Å². The molecule has 0 fully saturated rings. The molecular formula is C12H16N2O5S. The summed E-state index contributed by atoms with van der Waals surface area (Å²) in [6, 6.07) is 5.82. The average molecular weight is 300 g/mol. The van der Waals surface area contributed by atoms with E-state index in [1.807, 2.05) is 0 Å². The number of amides is 1. The van der Waals surface area contributed by atoms with Crippen LogP contribution in [0, 0.1) is 0 Å². The second kappa shape index (κ2) is 6.38. The van der Waals surface area contributed by atoms with Crippen LogP contribution in [0.4, 0.5) is 5.69 Å². The van der Waals surface area contributed by atoms with E-state index in [-0.39, 0.29) is 23.8 Å². The van der Waals surface area contributed by atoms with E-state index >= 15 is 0 Å². The fourth-order valence-electron chi connectivity index (χ4n) is 1.26.